The molecular formula is C15H23N3O4. The minimum Gasteiger partial charge on any atom is -0.480 e. The maximum absolute atomic E-state index is 12.7. The molecule has 1 saturated heterocycles. The van der Waals surface area contributed by atoms with Crippen LogP contribution < -0.4 is 0 Å². The van der Waals surface area contributed by atoms with Crippen LogP contribution in [0.2, 0.25) is 0 Å². The maximum Gasteiger partial charge on any atom is 0.323 e. The molecule has 0 aliphatic carbocycles. The normalized spacial score (nSPS) is 16.0. The van der Waals surface area contributed by atoms with Crippen LogP contribution in [0, 0.1) is 0 Å². The van der Waals surface area contributed by atoms with Gasteiger partial charge in [-0.05, 0) is 24.8 Å². The number of aliphatic carboxylic acids is 1. The fraction of sp³-hybridized carbons (Fsp3) is 0.667. The Bertz CT molecular complexity index is 547. The Labute approximate surface area is 129 Å². The Kier molecular flexibility index (Phi) is 5.18. The molecule has 7 nitrogen and oxygen atoms in total. The Balaban J connectivity index is 2.24. The maximum atomic E-state index is 12.7. The number of carbonyl (C=O) groups excluding carboxylic acids is 1. The molecule has 1 amide bonds. The zero-order chi connectivity index (χ0) is 16.3. The van der Waals surface area contributed by atoms with E-state index in [4.69, 9.17) is 9.84 Å². The third-order valence-corrected chi connectivity index (χ3v) is 3.92. The number of hydrogen-bond donors (Lipinski definition) is 1. The quantitative estimate of drug-likeness (QED) is 0.885. The molecule has 1 aromatic rings. The number of nitrogens with zero attached hydrogens (tertiary/aromatic N) is 3. The predicted molar refractivity (Wildman–Crippen MR) is 79.8 cm³/mol. The van der Waals surface area contributed by atoms with Gasteiger partial charge in [-0.15, -0.1) is 0 Å². The third-order valence-electron chi connectivity index (χ3n) is 3.92. The van der Waals surface area contributed by atoms with Crippen molar-refractivity contribution in [2.75, 3.05) is 19.8 Å². The average molecular weight is 309 g/mol. The first kappa shape index (κ1) is 16.5. The van der Waals surface area contributed by atoms with Gasteiger partial charge in [0.2, 0.25) is 0 Å². The second-order valence-electron chi connectivity index (χ2n) is 5.90. The van der Waals surface area contributed by atoms with Gasteiger partial charge in [-0.1, -0.05) is 13.8 Å². The molecule has 2 heterocycles. The van der Waals surface area contributed by atoms with E-state index in [9.17, 15) is 9.59 Å². The Morgan fingerprint density at radius 2 is 2.09 bits per heavy atom. The summed E-state index contributed by atoms with van der Waals surface area (Å²) >= 11 is 0. The SMILES string of the molecule is CC(C)c1cc(C(=O)N(CC(=O)O)C2CCOCC2)nn1C. The van der Waals surface area contributed by atoms with Gasteiger partial charge in [0, 0.05) is 32.0 Å². The number of rotatable bonds is 5. The van der Waals surface area contributed by atoms with Crippen molar-refractivity contribution in [2.24, 2.45) is 7.05 Å². The third kappa shape index (κ3) is 3.65. The average Bonchev–Trinajstić information content (AvgIpc) is 2.87. The van der Waals surface area contributed by atoms with Crippen molar-refractivity contribution in [1.82, 2.24) is 14.7 Å². The lowest BCUT2D eigenvalue weighted by Crippen LogP contribution is -2.46. The van der Waals surface area contributed by atoms with E-state index in [0.29, 0.717) is 31.7 Å². The topological polar surface area (TPSA) is 84.7 Å². The van der Waals surface area contributed by atoms with Crippen molar-refractivity contribution in [1.29, 1.82) is 0 Å². The monoisotopic (exact) mass is 309 g/mol. The first-order chi connectivity index (χ1) is 10.4. The summed E-state index contributed by atoms with van der Waals surface area (Å²) in [4.78, 5) is 25.2. The predicted octanol–water partition coefficient (Wildman–Crippen LogP) is 1.25. The number of ether oxygens (including phenoxy) is 1. The molecule has 7 heteroatoms. The van der Waals surface area contributed by atoms with Crippen LogP contribution in [0.3, 0.4) is 0 Å². The first-order valence-electron chi connectivity index (χ1n) is 7.54. The van der Waals surface area contributed by atoms with E-state index in [1.54, 1.807) is 17.8 Å². The van der Waals surface area contributed by atoms with Crippen LogP contribution in [0.15, 0.2) is 6.07 Å². The molecule has 0 saturated carbocycles. The number of hydrogen-bond acceptors (Lipinski definition) is 4. The molecule has 1 aliphatic heterocycles. The van der Waals surface area contributed by atoms with E-state index in [-0.39, 0.29) is 24.4 Å². The molecule has 1 fully saturated rings. The van der Waals surface area contributed by atoms with E-state index in [0.717, 1.165) is 5.69 Å². The van der Waals surface area contributed by atoms with E-state index in [1.807, 2.05) is 13.8 Å². The Morgan fingerprint density at radius 1 is 1.45 bits per heavy atom. The summed E-state index contributed by atoms with van der Waals surface area (Å²) in [5.41, 5.74) is 1.25. The van der Waals surface area contributed by atoms with E-state index in [2.05, 4.69) is 5.10 Å². The van der Waals surface area contributed by atoms with Crippen LogP contribution >= 0.6 is 0 Å². The zero-order valence-corrected chi connectivity index (χ0v) is 13.3. The van der Waals surface area contributed by atoms with Crippen LogP contribution in [-0.2, 0) is 16.6 Å². The van der Waals surface area contributed by atoms with Crippen molar-refractivity contribution in [3.63, 3.8) is 0 Å². The fourth-order valence-corrected chi connectivity index (χ4v) is 2.78. The first-order valence-corrected chi connectivity index (χ1v) is 7.54. The lowest BCUT2D eigenvalue weighted by atomic mass is 10.1. The van der Waals surface area contributed by atoms with Crippen LogP contribution in [-0.4, -0.2) is 57.5 Å². The van der Waals surface area contributed by atoms with Gasteiger partial charge in [-0.3, -0.25) is 14.3 Å². The van der Waals surface area contributed by atoms with Gasteiger partial charge >= 0.3 is 5.97 Å². The van der Waals surface area contributed by atoms with E-state index in [1.165, 1.54) is 4.90 Å². The highest BCUT2D eigenvalue weighted by atomic mass is 16.5. The van der Waals surface area contributed by atoms with Crippen molar-refractivity contribution >= 4 is 11.9 Å². The number of carbonyl (C=O) groups is 2. The molecule has 0 unspecified atom stereocenters. The van der Waals surface area contributed by atoms with Gasteiger partial charge in [0.25, 0.3) is 5.91 Å². The number of carboxylic acids is 1. The zero-order valence-electron chi connectivity index (χ0n) is 13.3. The molecule has 22 heavy (non-hydrogen) atoms. The summed E-state index contributed by atoms with van der Waals surface area (Å²) in [5, 5.41) is 13.4. The number of amides is 1. The van der Waals surface area contributed by atoms with Crippen LogP contribution in [0.1, 0.15) is 48.8 Å². The molecule has 0 aromatic carbocycles. The Hall–Kier alpha value is -1.89. The van der Waals surface area contributed by atoms with Crippen LogP contribution in [0.5, 0.6) is 0 Å². The molecule has 1 N–H and O–H groups in total. The summed E-state index contributed by atoms with van der Waals surface area (Å²) in [6.45, 7) is 4.84. The van der Waals surface area contributed by atoms with Crippen molar-refractivity contribution in [3.05, 3.63) is 17.5 Å². The van der Waals surface area contributed by atoms with Crippen molar-refractivity contribution in [2.45, 2.75) is 38.6 Å². The molecule has 1 aromatic heterocycles. The molecule has 122 valence electrons. The lowest BCUT2D eigenvalue weighted by Gasteiger charge is -2.32. The fourth-order valence-electron chi connectivity index (χ4n) is 2.78. The molecule has 2 rings (SSSR count). The van der Waals surface area contributed by atoms with Gasteiger partial charge in [-0.2, -0.15) is 5.10 Å². The molecule has 0 atom stereocenters. The van der Waals surface area contributed by atoms with Gasteiger partial charge in [0.1, 0.15) is 6.54 Å². The largest absolute Gasteiger partial charge is 0.480 e. The minimum atomic E-state index is -1.01. The second kappa shape index (κ2) is 6.91. The smallest absolute Gasteiger partial charge is 0.323 e. The van der Waals surface area contributed by atoms with Crippen molar-refractivity contribution < 1.29 is 19.4 Å². The summed E-state index contributed by atoms with van der Waals surface area (Å²) in [6.07, 6.45) is 1.31. The van der Waals surface area contributed by atoms with Crippen LogP contribution in [0.4, 0.5) is 0 Å². The molecular weight excluding hydrogens is 286 g/mol. The second-order valence-corrected chi connectivity index (χ2v) is 5.90. The van der Waals surface area contributed by atoms with Gasteiger partial charge in [0.05, 0.1) is 0 Å². The number of carboxylic acid groups (broad SMARTS) is 1. The van der Waals surface area contributed by atoms with Crippen molar-refractivity contribution in [3.8, 4) is 0 Å². The summed E-state index contributed by atoms with van der Waals surface area (Å²) in [7, 11) is 1.79. The molecule has 0 radical (unpaired) electrons. The minimum absolute atomic E-state index is 0.109. The summed E-state index contributed by atoms with van der Waals surface area (Å²) in [6, 6.07) is 1.64. The molecule has 0 bridgehead atoms. The highest BCUT2D eigenvalue weighted by Crippen LogP contribution is 2.20. The van der Waals surface area contributed by atoms with Gasteiger partial charge in [0.15, 0.2) is 5.69 Å². The number of aromatic nitrogens is 2. The Morgan fingerprint density at radius 3 is 2.59 bits per heavy atom. The molecule has 1 aliphatic rings. The van der Waals surface area contributed by atoms with E-state index >= 15 is 0 Å². The van der Waals surface area contributed by atoms with Crippen LogP contribution in [0.25, 0.3) is 0 Å². The summed E-state index contributed by atoms with van der Waals surface area (Å²) < 4.78 is 6.97. The highest BCUT2D eigenvalue weighted by molar-refractivity contribution is 5.94. The van der Waals surface area contributed by atoms with E-state index < -0.39 is 5.97 Å². The van der Waals surface area contributed by atoms with Gasteiger partial charge in [-0.25, -0.2) is 0 Å². The highest BCUT2D eigenvalue weighted by Gasteiger charge is 2.30. The van der Waals surface area contributed by atoms with Gasteiger partial charge < -0.3 is 14.7 Å². The summed E-state index contributed by atoms with van der Waals surface area (Å²) in [5.74, 6) is -1.09. The lowest BCUT2D eigenvalue weighted by molar-refractivity contribution is -0.138. The standard InChI is InChI=1S/C15H23N3O4/c1-10(2)13-8-12(16-17(13)3)15(21)18(9-14(19)20)11-4-6-22-7-5-11/h8,10-11H,4-7,9H2,1-3H3,(H,19,20). The number of aryl methyl sites for hydroxylation is 1. The molecule has 0 spiro atoms.